The van der Waals surface area contributed by atoms with E-state index < -0.39 is 27.1 Å². The first-order valence-corrected chi connectivity index (χ1v) is 22.2. The molecule has 18 heteroatoms. The molecule has 0 bridgehead atoms. The Labute approximate surface area is 351 Å². The smallest absolute Gasteiger partial charge is 0.329 e. The van der Waals surface area contributed by atoms with Crippen LogP contribution in [0.15, 0.2) is 48.7 Å². The number of benzene rings is 3. The molecule has 5 heterocycles. The van der Waals surface area contributed by atoms with E-state index in [4.69, 9.17) is 9.72 Å². The zero-order chi connectivity index (χ0) is 42.8. The number of urea groups is 1. The average molecular weight is 853 g/mol. The first kappa shape index (κ1) is 40.5. The molecule has 3 aromatic carbocycles. The van der Waals surface area contributed by atoms with Crippen LogP contribution in [0.4, 0.5) is 30.8 Å². The van der Waals surface area contributed by atoms with E-state index in [0.29, 0.717) is 39.5 Å². The second-order valence-corrected chi connectivity index (χ2v) is 19.3. The molecule has 3 aliphatic heterocycles. The van der Waals surface area contributed by atoms with Gasteiger partial charge in [-0.2, -0.15) is 10.4 Å². The number of piperidine rings is 2. The molecule has 9 rings (SSSR count). The summed E-state index contributed by atoms with van der Waals surface area (Å²) < 4.78 is 65.7. The van der Waals surface area contributed by atoms with E-state index in [1.807, 2.05) is 18.3 Å². The fraction of sp³-hybridized carbons (Fsp3) is 0.442. The number of sulfonamides is 1. The van der Waals surface area contributed by atoms with E-state index in [1.165, 1.54) is 30.9 Å². The molecule has 1 saturated carbocycles. The summed E-state index contributed by atoms with van der Waals surface area (Å²) in [6.07, 6.45) is 8.07. The van der Waals surface area contributed by atoms with Gasteiger partial charge in [0.15, 0.2) is 17.4 Å². The quantitative estimate of drug-likeness (QED) is 0.162. The van der Waals surface area contributed by atoms with Crippen molar-refractivity contribution in [3.05, 3.63) is 71.6 Å². The summed E-state index contributed by atoms with van der Waals surface area (Å²) in [5.74, 6) is -1.06. The zero-order valence-electron chi connectivity index (χ0n) is 34.1. The predicted molar refractivity (Wildman–Crippen MR) is 225 cm³/mol. The summed E-state index contributed by atoms with van der Waals surface area (Å²) in [7, 11) is -2.02. The Morgan fingerprint density at radius 2 is 1.74 bits per heavy atom. The van der Waals surface area contributed by atoms with Gasteiger partial charge in [0.25, 0.3) is 0 Å². The summed E-state index contributed by atoms with van der Waals surface area (Å²) in [6.45, 7) is 6.67. The lowest BCUT2D eigenvalue weighted by molar-refractivity contribution is -0.120. The number of ether oxygens (including phenoxy) is 1. The highest BCUT2D eigenvalue weighted by Crippen LogP contribution is 2.56. The third-order valence-electron chi connectivity index (χ3n) is 13.0. The number of imide groups is 1. The SMILES string of the molecule is CC(C)S(=O)(=O)Nc1ccc(F)c(Oc2ccc3ncc(C4CC5(CCN(C6CCN(c7cc8c(cc7F)c(N7CCC(=O)NC7=O)nn8C)CC6)CC5)C4)nc3c2)c1C#N. The van der Waals surface area contributed by atoms with E-state index >= 15 is 8.78 Å². The molecule has 0 atom stereocenters. The van der Waals surface area contributed by atoms with E-state index in [9.17, 15) is 23.3 Å². The molecule has 3 amide bonds. The average Bonchev–Trinajstić information content (AvgIpc) is 3.54. The molecule has 5 aromatic rings. The minimum Gasteiger partial charge on any atom is -0.453 e. The number of halogens is 2. The molecule has 4 fully saturated rings. The highest BCUT2D eigenvalue weighted by Gasteiger charge is 2.47. The monoisotopic (exact) mass is 852 g/mol. The summed E-state index contributed by atoms with van der Waals surface area (Å²) in [5, 5.41) is 16.5. The topological polar surface area (TPSA) is 179 Å². The Kier molecular flexibility index (Phi) is 10.3. The molecule has 2 aromatic heterocycles. The Morgan fingerprint density at radius 3 is 2.44 bits per heavy atom. The van der Waals surface area contributed by atoms with Crippen molar-refractivity contribution in [2.45, 2.75) is 76.0 Å². The molecule has 1 aliphatic carbocycles. The molecule has 61 heavy (non-hydrogen) atoms. The van der Waals surface area contributed by atoms with Gasteiger partial charge in [-0.1, -0.05) is 0 Å². The lowest BCUT2D eigenvalue weighted by Gasteiger charge is -2.53. The second kappa shape index (κ2) is 15.5. The number of hydrogen-bond donors (Lipinski definition) is 2. The van der Waals surface area contributed by atoms with Gasteiger partial charge in [0.2, 0.25) is 15.9 Å². The molecular formula is C43H46F2N10O5S. The van der Waals surface area contributed by atoms with Crippen LogP contribution in [0.1, 0.15) is 76.0 Å². The lowest BCUT2D eigenvalue weighted by atomic mass is 9.56. The Balaban J connectivity index is 0.805. The fourth-order valence-corrected chi connectivity index (χ4v) is 10.1. The minimum atomic E-state index is -3.79. The first-order valence-electron chi connectivity index (χ1n) is 20.7. The molecule has 318 valence electrons. The number of anilines is 3. The molecule has 1 spiro atoms. The van der Waals surface area contributed by atoms with Gasteiger partial charge >= 0.3 is 6.03 Å². The van der Waals surface area contributed by atoms with Gasteiger partial charge < -0.3 is 14.5 Å². The van der Waals surface area contributed by atoms with Gasteiger partial charge in [0.1, 0.15) is 23.2 Å². The summed E-state index contributed by atoms with van der Waals surface area (Å²) >= 11 is 0. The van der Waals surface area contributed by atoms with Gasteiger partial charge in [-0.15, -0.1) is 0 Å². The maximum atomic E-state index is 15.7. The molecule has 2 N–H and O–H groups in total. The number of carbonyl (C=O) groups is 2. The third-order valence-corrected chi connectivity index (χ3v) is 14.8. The second-order valence-electron chi connectivity index (χ2n) is 17.0. The van der Waals surface area contributed by atoms with Gasteiger partial charge in [0.05, 0.1) is 38.9 Å². The van der Waals surface area contributed by atoms with Crippen molar-refractivity contribution in [3.8, 4) is 17.6 Å². The van der Waals surface area contributed by atoms with E-state index in [0.717, 1.165) is 76.5 Å². The van der Waals surface area contributed by atoms with Crippen LogP contribution in [0.2, 0.25) is 0 Å². The Hall–Kier alpha value is -5.93. The number of hydrogen-bond acceptors (Lipinski definition) is 11. The maximum absolute atomic E-state index is 15.7. The Morgan fingerprint density at radius 1 is 0.984 bits per heavy atom. The van der Waals surface area contributed by atoms with Crippen molar-refractivity contribution in [2.75, 3.05) is 47.2 Å². The zero-order valence-corrected chi connectivity index (χ0v) is 34.9. The molecule has 0 radical (unpaired) electrons. The van der Waals surface area contributed by atoms with E-state index in [2.05, 4.69) is 29.9 Å². The standard InChI is InChI=1S/C43H46F2N10O5S/c1-25(2)61(58,59)51-33-7-5-31(44)40(30(33)23-46)60-28-4-6-34-35(18-28)48-36(24-47-34)26-21-43(22-26)11-16-53(17-12-43)27-8-13-54(14-9-27)38-20-37-29(19-32(38)45)41(50-52(37)3)55-15-10-39(56)49-42(55)57/h4-7,18-20,24-27,51H,8-17,21-22H2,1-3H3,(H,49,56,57). The number of nitriles is 1. The lowest BCUT2D eigenvalue weighted by Crippen LogP contribution is -2.52. The summed E-state index contributed by atoms with van der Waals surface area (Å²) in [4.78, 5) is 39.9. The molecule has 15 nitrogen and oxygen atoms in total. The molecule has 4 aliphatic rings. The van der Waals surface area contributed by atoms with Crippen LogP contribution < -0.4 is 24.6 Å². The van der Waals surface area contributed by atoms with Crippen LogP contribution in [0.3, 0.4) is 0 Å². The third kappa shape index (κ3) is 7.58. The summed E-state index contributed by atoms with van der Waals surface area (Å²) in [6, 6.07) is 12.3. The predicted octanol–water partition coefficient (Wildman–Crippen LogP) is 6.68. The maximum Gasteiger partial charge on any atom is 0.329 e. The van der Waals surface area contributed by atoms with Crippen molar-refractivity contribution in [2.24, 2.45) is 12.5 Å². The van der Waals surface area contributed by atoms with Gasteiger partial charge in [0, 0.05) is 62.7 Å². The van der Waals surface area contributed by atoms with Crippen molar-refractivity contribution in [1.29, 1.82) is 5.26 Å². The van der Waals surface area contributed by atoms with Crippen molar-refractivity contribution < 1.29 is 31.5 Å². The van der Waals surface area contributed by atoms with Crippen LogP contribution in [-0.4, -0.2) is 89.0 Å². The molecular weight excluding hydrogens is 807 g/mol. The number of nitrogens with one attached hydrogen (secondary N) is 2. The molecule has 3 saturated heterocycles. The summed E-state index contributed by atoms with van der Waals surface area (Å²) in [5.41, 5.74) is 3.26. The fourth-order valence-electron chi connectivity index (χ4n) is 9.40. The van der Waals surface area contributed by atoms with E-state index in [1.54, 1.807) is 29.9 Å². The van der Waals surface area contributed by atoms with Crippen molar-refractivity contribution in [1.82, 2.24) is 30.0 Å². The minimum absolute atomic E-state index is 0.0677. The number of carbonyl (C=O) groups excluding carboxylic acids is 2. The van der Waals surface area contributed by atoms with Crippen LogP contribution in [0, 0.1) is 28.4 Å². The normalized spacial score (nSPS) is 19.1. The van der Waals surface area contributed by atoms with Gasteiger partial charge in [-0.05, 0) is 107 Å². The van der Waals surface area contributed by atoms with Gasteiger partial charge in [-0.3, -0.25) is 29.4 Å². The van der Waals surface area contributed by atoms with Crippen LogP contribution in [-0.2, 0) is 21.9 Å². The first-order chi connectivity index (χ1) is 29.2. The number of aromatic nitrogens is 4. The number of nitrogens with zero attached hydrogens (tertiary/aromatic N) is 8. The molecule has 0 unspecified atom stereocenters. The number of amides is 3. The van der Waals surface area contributed by atoms with Crippen molar-refractivity contribution in [3.63, 3.8) is 0 Å². The Bertz CT molecular complexity index is 2730. The van der Waals surface area contributed by atoms with Crippen LogP contribution in [0.5, 0.6) is 11.5 Å². The number of likely N-dealkylation sites (tertiary alicyclic amines) is 1. The largest absolute Gasteiger partial charge is 0.453 e. The van der Waals surface area contributed by atoms with Gasteiger partial charge in [-0.25, -0.2) is 27.0 Å². The van der Waals surface area contributed by atoms with Crippen LogP contribution in [0.25, 0.3) is 21.9 Å². The van der Waals surface area contributed by atoms with Crippen LogP contribution >= 0.6 is 0 Å². The highest BCUT2D eigenvalue weighted by molar-refractivity contribution is 7.93. The number of rotatable bonds is 9. The highest BCUT2D eigenvalue weighted by atomic mass is 32.2. The van der Waals surface area contributed by atoms with E-state index in [-0.39, 0.29) is 58.8 Å². The number of fused-ring (bicyclic) bond motifs is 2. The van der Waals surface area contributed by atoms with Crippen molar-refractivity contribution >= 4 is 61.1 Å². The number of aryl methyl sites for hydroxylation is 1.